The molecule has 0 saturated carbocycles. The maximum absolute atomic E-state index is 10.9. The number of hydrogen-bond acceptors (Lipinski definition) is 2. The number of ketones is 1. The van der Waals surface area contributed by atoms with Gasteiger partial charge in [-0.05, 0) is 0 Å². The molecule has 1 aliphatic heterocycles. The maximum Gasteiger partial charge on any atom is 0.149 e. The van der Waals surface area contributed by atoms with Crippen molar-refractivity contribution in [2.75, 3.05) is 11.5 Å². The molecule has 0 aliphatic carbocycles. The number of carbonyl (C=O) groups excluding carboxylic acids is 1. The van der Waals surface area contributed by atoms with Crippen LogP contribution in [-0.2, 0) is 4.79 Å². The van der Waals surface area contributed by atoms with Crippen LogP contribution in [-0.4, -0.2) is 17.3 Å². The first-order valence-corrected chi connectivity index (χ1v) is 3.89. The van der Waals surface area contributed by atoms with Gasteiger partial charge in [-0.2, -0.15) is 11.8 Å². The lowest BCUT2D eigenvalue weighted by molar-refractivity contribution is -0.122. The number of Topliss-reactive ketones (excluding diaryl/α,β-unsaturated/α-hetero) is 1. The third-order valence-electron chi connectivity index (χ3n) is 1.45. The summed E-state index contributed by atoms with van der Waals surface area (Å²) >= 11 is 1.74. The van der Waals surface area contributed by atoms with Gasteiger partial charge in [0, 0.05) is 11.2 Å². The van der Waals surface area contributed by atoms with E-state index in [2.05, 4.69) is 0 Å². The highest BCUT2D eigenvalue weighted by Crippen LogP contribution is 2.30. The van der Waals surface area contributed by atoms with Gasteiger partial charge in [-0.15, -0.1) is 0 Å². The second kappa shape index (κ2) is 1.76. The van der Waals surface area contributed by atoms with E-state index in [9.17, 15) is 4.79 Å². The molecule has 0 aromatic rings. The average Bonchev–Trinajstić information content (AvgIpc) is 1.86. The molecule has 0 unspecified atom stereocenters. The summed E-state index contributed by atoms with van der Waals surface area (Å²) in [5, 5.41) is 0. The van der Waals surface area contributed by atoms with Crippen LogP contribution in [0.1, 0.15) is 13.8 Å². The minimum absolute atomic E-state index is 0.0231. The minimum atomic E-state index is -0.0231. The molecule has 2 heteroatoms. The molecular formula is C6H10OS. The fourth-order valence-electron chi connectivity index (χ4n) is 0.675. The van der Waals surface area contributed by atoms with E-state index >= 15 is 0 Å². The van der Waals surface area contributed by atoms with Crippen molar-refractivity contribution in [3.05, 3.63) is 0 Å². The van der Waals surface area contributed by atoms with Gasteiger partial charge in [0.15, 0.2) is 0 Å². The molecule has 0 radical (unpaired) electrons. The maximum atomic E-state index is 10.9. The zero-order valence-corrected chi connectivity index (χ0v) is 6.05. The molecule has 0 atom stereocenters. The highest BCUT2D eigenvalue weighted by atomic mass is 32.2. The van der Waals surface area contributed by atoms with Gasteiger partial charge < -0.3 is 0 Å². The Hall–Kier alpha value is 0.0200. The summed E-state index contributed by atoms with van der Waals surface area (Å²) in [6.07, 6.45) is 0. The van der Waals surface area contributed by atoms with Crippen molar-refractivity contribution in [1.82, 2.24) is 0 Å². The Morgan fingerprint density at radius 1 is 1.62 bits per heavy atom. The summed E-state index contributed by atoms with van der Waals surface area (Å²) in [6, 6.07) is 0. The van der Waals surface area contributed by atoms with Crippen molar-refractivity contribution < 1.29 is 4.79 Å². The third kappa shape index (κ3) is 0.895. The second-order valence-corrected chi connectivity index (χ2v) is 3.79. The van der Waals surface area contributed by atoms with Gasteiger partial charge in [0.25, 0.3) is 0 Å². The van der Waals surface area contributed by atoms with Crippen molar-refractivity contribution in [3.63, 3.8) is 0 Å². The van der Waals surface area contributed by atoms with Crippen LogP contribution in [0.5, 0.6) is 0 Å². The van der Waals surface area contributed by atoms with Gasteiger partial charge in [0.1, 0.15) is 5.78 Å². The van der Waals surface area contributed by atoms with Crippen LogP contribution >= 0.6 is 11.8 Å². The molecule has 8 heavy (non-hydrogen) atoms. The highest BCUT2D eigenvalue weighted by molar-refractivity contribution is 8.00. The smallest absolute Gasteiger partial charge is 0.149 e. The molecule has 1 saturated heterocycles. The monoisotopic (exact) mass is 130 g/mol. The molecule has 1 fully saturated rings. The third-order valence-corrected chi connectivity index (χ3v) is 2.84. The summed E-state index contributed by atoms with van der Waals surface area (Å²) in [5.41, 5.74) is -0.0231. The van der Waals surface area contributed by atoms with Gasteiger partial charge in [-0.1, -0.05) is 13.8 Å². The molecule has 0 amide bonds. The zero-order chi connectivity index (χ0) is 6.20. The zero-order valence-electron chi connectivity index (χ0n) is 5.23. The Kier molecular flexibility index (Phi) is 1.35. The quantitative estimate of drug-likeness (QED) is 0.492. The fourth-order valence-corrected chi connectivity index (χ4v) is 2.02. The van der Waals surface area contributed by atoms with Gasteiger partial charge in [0.05, 0.1) is 5.75 Å². The van der Waals surface area contributed by atoms with E-state index in [0.717, 1.165) is 11.5 Å². The first-order valence-electron chi connectivity index (χ1n) is 2.74. The fraction of sp³-hybridized carbons (Fsp3) is 0.833. The lowest BCUT2D eigenvalue weighted by Gasteiger charge is -2.10. The summed E-state index contributed by atoms with van der Waals surface area (Å²) in [5.74, 6) is 2.14. The average molecular weight is 130 g/mol. The Balaban J connectivity index is 2.68. The number of rotatable bonds is 0. The molecule has 1 rings (SSSR count). The first kappa shape index (κ1) is 6.14. The van der Waals surface area contributed by atoms with Crippen molar-refractivity contribution in [1.29, 1.82) is 0 Å². The molecular weight excluding hydrogens is 120 g/mol. The Morgan fingerprint density at radius 2 is 2.25 bits per heavy atom. The van der Waals surface area contributed by atoms with Gasteiger partial charge in [0.2, 0.25) is 0 Å². The minimum Gasteiger partial charge on any atom is -0.298 e. The van der Waals surface area contributed by atoms with Crippen molar-refractivity contribution in [3.8, 4) is 0 Å². The second-order valence-electron chi connectivity index (χ2n) is 2.80. The van der Waals surface area contributed by atoms with E-state index in [1.165, 1.54) is 0 Å². The van der Waals surface area contributed by atoms with E-state index in [0.29, 0.717) is 5.78 Å². The highest BCUT2D eigenvalue weighted by Gasteiger charge is 2.32. The molecule has 0 bridgehead atoms. The van der Waals surface area contributed by atoms with Crippen LogP contribution in [0, 0.1) is 5.41 Å². The molecule has 0 aromatic carbocycles. The van der Waals surface area contributed by atoms with Gasteiger partial charge in [-0.25, -0.2) is 0 Å². The molecule has 0 spiro atoms. The normalized spacial score (nSPS) is 26.5. The van der Waals surface area contributed by atoms with E-state index in [1.54, 1.807) is 11.8 Å². The predicted octanol–water partition coefficient (Wildman–Crippen LogP) is 1.33. The predicted molar refractivity (Wildman–Crippen MR) is 36.1 cm³/mol. The van der Waals surface area contributed by atoms with Gasteiger partial charge >= 0.3 is 0 Å². The SMILES string of the molecule is CC1(C)CSCC1=O. The van der Waals surface area contributed by atoms with Crippen LogP contribution in [0.3, 0.4) is 0 Å². The first-order chi connectivity index (χ1) is 3.63. The molecule has 1 nitrogen and oxygen atoms in total. The Morgan fingerprint density at radius 3 is 2.38 bits per heavy atom. The topological polar surface area (TPSA) is 17.1 Å². The van der Waals surface area contributed by atoms with Crippen molar-refractivity contribution in [2.45, 2.75) is 13.8 Å². The van der Waals surface area contributed by atoms with E-state index in [-0.39, 0.29) is 5.41 Å². The van der Waals surface area contributed by atoms with Crippen LogP contribution in [0.4, 0.5) is 0 Å². The molecule has 46 valence electrons. The number of hydrogen-bond donors (Lipinski definition) is 0. The number of thioether (sulfide) groups is 1. The summed E-state index contributed by atoms with van der Waals surface area (Å²) in [7, 11) is 0. The van der Waals surface area contributed by atoms with Crippen LogP contribution in [0.25, 0.3) is 0 Å². The number of carbonyl (C=O) groups is 1. The van der Waals surface area contributed by atoms with Gasteiger partial charge in [-0.3, -0.25) is 4.79 Å². The standard InChI is InChI=1S/C6H10OS/c1-6(2)4-8-3-5(6)7/h3-4H2,1-2H3. The summed E-state index contributed by atoms with van der Waals surface area (Å²) in [4.78, 5) is 10.9. The van der Waals surface area contributed by atoms with E-state index in [4.69, 9.17) is 0 Å². The van der Waals surface area contributed by atoms with Crippen LogP contribution in [0.2, 0.25) is 0 Å². The lowest BCUT2D eigenvalue weighted by atomic mass is 9.92. The summed E-state index contributed by atoms with van der Waals surface area (Å²) in [6.45, 7) is 4.02. The summed E-state index contributed by atoms with van der Waals surface area (Å²) < 4.78 is 0. The molecule has 1 aliphatic rings. The molecule has 0 aromatic heterocycles. The van der Waals surface area contributed by atoms with Crippen LogP contribution < -0.4 is 0 Å². The Bertz CT molecular complexity index is 118. The van der Waals surface area contributed by atoms with Crippen LogP contribution in [0.15, 0.2) is 0 Å². The molecule has 0 N–H and O–H groups in total. The van der Waals surface area contributed by atoms with E-state index < -0.39 is 0 Å². The molecule has 1 heterocycles. The van der Waals surface area contributed by atoms with E-state index in [1.807, 2.05) is 13.8 Å². The lowest BCUT2D eigenvalue weighted by Crippen LogP contribution is -2.20. The Labute approximate surface area is 53.8 Å². The largest absolute Gasteiger partial charge is 0.298 e. The van der Waals surface area contributed by atoms with Crippen molar-refractivity contribution in [2.24, 2.45) is 5.41 Å². The van der Waals surface area contributed by atoms with Crippen molar-refractivity contribution >= 4 is 17.5 Å².